The third-order valence-electron chi connectivity index (χ3n) is 3.72. The quantitative estimate of drug-likeness (QED) is 0.759. The van der Waals surface area contributed by atoms with E-state index in [1.807, 2.05) is 0 Å². The van der Waals surface area contributed by atoms with Crippen molar-refractivity contribution in [2.45, 2.75) is 0 Å². The molecular weight excluding hydrogens is 351 g/mol. The van der Waals surface area contributed by atoms with Crippen molar-refractivity contribution in [3.63, 3.8) is 0 Å². The molecule has 2 amide bonds. The molecule has 0 heterocycles. The predicted molar refractivity (Wildman–Crippen MR) is 101 cm³/mol. The summed E-state index contributed by atoms with van der Waals surface area (Å²) in [6, 6.07) is 11.2. The fourth-order valence-corrected chi connectivity index (χ4v) is 2.25. The molecule has 0 aliphatic carbocycles. The topological polar surface area (TPSA) is 67.9 Å². The fraction of sp³-hybridized carbons (Fsp3) is 0.200. The molecule has 2 aromatic rings. The van der Waals surface area contributed by atoms with Gasteiger partial charge >= 0.3 is 0 Å². The molecular formula is C20H21FN2O4. The Bertz CT molecular complexity index is 834. The summed E-state index contributed by atoms with van der Waals surface area (Å²) in [5.41, 5.74) is 1.11. The van der Waals surface area contributed by atoms with Gasteiger partial charge < -0.3 is 19.7 Å². The van der Waals surface area contributed by atoms with Crippen LogP contribution in [0, 0.1) is 5.82 Å². The van der Waals surface area contributed by atoms with Gasteiger partial charge in [0.15, 0.2) is 11.6 Å². The number of halogens is 1. The molecule has 0 aliphatic heterocycles. The third-order valence-corrected chi connectivity index (χ3v) is 3.72. The number of ether oxygens (including phenoxy) is 2. The van der Waals surface area contributed by atoms with Crippen LogP contribution in [0.15, 0.2) is 48.5 Å². The number of rotatable bonds is 7. The normalized spacial score (nSPS) is 10.5. The molecule has 0 fully saturated rings. The minimum Gasteiger partial charge on any atom is -0.497 e. The lowest BCUT2D eigenvalue weighted by Crippen LogP contribution is -2.33. The molecule has 0 atom stereocenters. The lowest BCUT2D eigenvalue weighted by atomic mass is 10.2. The first-order valence-corrected chi connectivity index (χ1v) is 8.13. The SMILES string of the molecule is COc1ccc(NC(=O)CN(C)C(=O)/C=C/c2ccc(OC)c(F)c2)cc1. The molecule has 0 spiro atoms. The van der Waals surface area contributed by atoms with E-state index in [2.05, 4.69) is 5.32 Å². The third kappa shape index (κ3) is 5.85. The maximum Gasteiger partial charge on any atom is 0.246 e. The molecule has 1 N–H and O–H groups in total. The number of nitrogens with zero attached hydrogens (tertiary/aromatic N) is 1. The summed E-state index contributed by atoms with van der Waals surface area (Å²) < 4.78 is 23.5. The molecule has 0 unspecified atom stereocenters. The van der Waals surface area contributed by atoms with Crippen LogP contribution in [-0.2, 0) is 9.59 Å². The minimum absolute atomic E-state index is 0.119. The number of amides is 2. The van der Waals surface area contributed by atoms with Crippen molar-refractivity contribution in [3.05, 3.63) is 59.9 Å². The Kier molecular flexibility index (Phi) is 6.93. The van der Waals surface area contributed by atoms with Crippen molar-refractivity contribution < 1.29 is 23.5 Å². The van der Waals surface area contributed by atoms with Crippen molar-refractivity contribution in [2.75, 3.05) is 33.1 Å². The predicted octanol–water partition coefficient (Wildman–Crippen LogP) is 2.95. The summed E-state index contributed by atoms with van der Waals surface area (Å²) in [6.45, 7) is -0.119. The van der Waals surface area contributed by atoms with Crippen molar-refractivity contribution >= 4 is 23.6 Å². The number of carbonyl (C=O) groups excluding carboxylic acids is 2. The van der Waals surface area contributed by atoms with E-state index in [0.717, 1.165) is 0 Å². The van der Waals surface area contributed by atoms with E-state index in [0.29, 0.717) is 17.0 Å². The van der Waals surface area contributed by atoms with Gasteiger partial charge in [-0.15, -0.1) is 0 Å². The van der Waals surface area contributed by atoms with Gasteiger partial charge in [0.05, 0.1) is 20.8 Å². The molecule has 0 aliphatic rings. The summed E-state index contributed by atoms with van der Waals surface area (Å²) >= 11 is 0. The van der Waals surface area contributed by atoms with Crippen molar-refractivity contribution in [1.82, 2.24) is 4.90 Å². The maximum atomic E-state index is 13.6. The van der Waals surface area contributed by atoms with Crippen LogP contribution in [0.5, 0.6) is 11.5 Å². The number of nitrogens with one attached hydrogen (secondary N) is 1. The number of likely N-dealkylation sites (N-methyl/N-ethyl adjacent to an activating group) is 1. The van der Waals surface area contributed by atoms with E-state index in [1.165, 1.54) is 43.3 Å². The molecule has 0 aromatic heterocycles. The van der Waals surface area contributed by atoms with Crippen LogP contribution < -0.4 is 14.8 Å². The number of anilines is 1. The van der Waals surface area contributed by atoms with Gasteiger partial charge in [-0.1, -0.05) is 6.07 Å². The fourth-order valence-electron chi connectivity index (χ4n) is 2.25. The highest BCUT2D eigenvalue weighted by atomic mass is 19.1. The highest BCUT2D eigenvalue weighted by Crippen LogP contribution is 2.18. The Balaban J connectivity index is 1.90. The molecule has 7 heteroatoms. The Morgan fingerprint density at radius 2 is 1.81 bits per heavy atom. The average Bonchev–Trinajstić information content (AvgIpc) is 2.66. The second-order valence-electron chi connectivity index (χ2n) is 5.70. The molecule has 6 nitrogen and oxygen atoms in total. The zero-order valence-electron chi connectivity index (χ0n) is 15.4. The van der Waals surface area contributed by atoms with Crippen LogP contribution in [0.4, 0.5) is 10.1 Å². The first-order valence-electron chi connectivity index (χ1n) is 8.13. The minimum atomic E-state index is -0.515. The zero-order chi connectivity index (χ0) is 19.8. The Hall–Kier alpha value is -3.35. The van der Waals surface area contributed by atoms with Crippen LogP contribution in [0.3, 0.4) is 0 Å². The van der Waals surface area contributed by atoms with Crippen molar-refractivity contribution in [2.24, 2.45) is 0 Å². The van der Waals surface area contributed by atoms with Crippen LogP contribution in [0.1, 0.15) is 5.56 Å². The number of carbonyl (C=O) groups is 2. The molecule has 0 bridgehead atoms. The smallest absolute Gasteiger partial charge is 0.246 e. The lowest BCUT2D eigenvalue weighted by Gasteiger charge is -2.15. The second-order valence-corrected chi connectivity index (χ2v) is 5.70. The second kappa shape index (κ2) is 9.38. The van der Waals surface area contributed by atoms with Crippen molar-refractivity contribution in [3.8, 4) is 11.5 Å². The van der Waals surface area contributed by atoms with E-state index in [1.54, 1.807) is 37.4 Å². The van der Waals surface area contributed by atoms with Crippen LogP contribution in [0.2, 0.25) is 0 Å². The summed E-state index contributed by atoms with van der Waals surface area (Å²) in [6.07, 6.45) is 2.75. The highest BCUT2D eigenvalue weighted by Gasteiger charge is 2.11. The molecule has 0 saturated carbocycles. The monoisotopic (exact) mass is 372 g/mol. The van der Waals surface area contributed by atoms with Gasteiger partial charge in [0, 0.05) is 18.8 Å². The highest BCUT2D eigenvalue weighted by molar-refractivity contribution is 5.97. The maximum absolute atomic E-state index is 13.6. The van der Waals surface area contributed by atoms with Crippen LogP contribution in [-0.4, -0.2) is 44.5 Å². The zero-order valence-corrected chi connectivity index (χ0v) is 15.4. The number of hydrogen-bond acceptors (Lipinski definition) is 4. The van der Waals surface area contributed by atoms with Gasteiger partial charge in [-0.25, -0.2) is 4.39 Å². The summed E-state index contributed by atoms with van der Waals surface area (Å²) in [5.74, 6) is -0.415. The largest absolute Gasteiger partial charge is 0.497 e. The van der Waals surface area contributed by atoms with E-state index >= 15 is 0 Å². The molecule has 2 aromatic carbocycles. The lowest BCUT2D eigenvalue weighted by molar-refractivity contribution is -0.129. The van der Waals surface area contributed by atoms with Gasteiger partial charge in [-0.3, -0.25) is 9.59 Å². The molecule has 0 saturated heterocycles. The number of benzene rings is 2. The first kappa shape index (κ1) is 20.0. The number of hydrogen-bond donors (Lipinski definition) is 1. The van der Waals surface area contributed by atoms with Gasteiger partial charge in [-0.2, -0.15) is 0 Å². The van der Waals surface area contributed by atoms with Gasteiger partial charge in [0.2, 0.25) is 11.8 Å². The van der Waals surface area contributed by atoms with E-state index in [4.69, 9.17) is 9.47 Å². The molecule has 0 radical (unpaired) electrons. The van der Waals surface area contributed by atoms with E-state index < -0.39 is 5.82 Å². The van der Waals surface area contributed by atoms with Crippen LogP contribution in [0.25, 0.3) is 6.08 Å². The van der Waals surface area contributed by atoms with Gasteiger partial charge in [-0.05, 0) is 48.0 Å². The van der Waals surface area contributed by atoms with Crippen LogP contribution >= 0.6 is 0 Å². The van der Waals surface area contributed by atoms with Gasteiger partial charge in [0.1, 0.15) is 5.75 Å². The Morgan fingerprint density at radius 3 is 2.41 bits per heavy atom. The van der Waals surface area contributed by atoms with Gasteiger partial charge in [0.25, 0.3) is 0 Å². The molecule has 142 valence electrons. The van der Waals surface area contributed by atoms with Crippen molar-refractivity contribution in [1.29, 1.82) is 0 Å². The summed E-state index contributed by atoms with van der Waals surface area (Å²) in [5, 5.41) is 2.70. The standard InChI is InChI=1S/C20H21FN2O4/c1-23(13-19(24)22-15-6-8-16(26-2)9-7-15)20(25)11-5-14-4-10-18(27-3)17(21)12-14/h4-12H,13H2,1-3H3,(H,22,24)/b11-5+. The molecule has 27 heavy (non-hydrogen) atoms. The summed E-state index contributed by atoms with van der Waals surface area (Å²) in [7, 11) is 4.44. The Morgan fingerprint density at radius 1 is 1.11 bits per heavy atom. The Labute approximate surface area is 157 Å². The summed E-state index contributed by atoms with van der Waals surface area (Å²) in [4.78, 5) is 25.4. The van der Waals surface area contributed by atoms with E-state index in [9.17, 15) is 14.0 Å². The number of methoxy groups -OCH3 is 2. The molecule has 2 rings (SSSR count). The first-order chi connectivity index (χ1) is 12.9. The van der Waals surface area contributed by atoms with E-state index in [-0.39, 0.29) is 24.1 Å². The average molecular weight is 372 g/mol.